The Morgan fingerprint density at radius 1 is 0.468 bits per heavy atom. The molecule has 0 aliphatic rings. The van der Waals surface area contributed by atoms with Gasteiger partial charge in [0, 0.05) is 38.2 Å². The van der Waals surface area contributed by atoms with Crippen LogP contribution in [0.5, 0.6) is 0 Å². The molecule has 10 aromatic rings. The lowest BCUT2D eigenvalue weighted by atomic mass is 9.97. The van der Waals surface area contributed by atoms with Gasteiger partial charge >= 0.3 is 0 Å². The molecule has 0 bridgehead atoms. The molecule has 0 amide bonds. The van der Waals surface area contributed by atoms with Gasteiger partial charge in [-0.2, -0.15) is 5.26 Å². The SMILES string of the molecule is N#Cc1cccc(-n2c3ccccc3c3c4oc5ccccc5c4ccc32)c1-c1ccc(-n2c3ccccc3c3ccccc32)cc1. The summed E-state index contributed by atoms with van der Waals surface area (Å²) in [5.74, 6) is 0. The first-order chi connectivity index (χ1) is 23.3. The maximum Gasteiger partial charge on any atom is 0.145 e. The maximum absolute atomic E-state index is 10.4. The lowest BCUT2D eigenvalue weighted by Crippen LogP contribution is -2.00. The number of nitrogens with zero attached hydrogens (tertiary/aromatic N) is 3. The summed E-state index contributed by atoms with van der Waals surface area (Å²) < 4.78 is 11.1. The summed E-state index contributed by atoms with van der Waals surface area (Å²) in [6, 6.07) is 55.2. The van der Waals surface area contributed by atoms with Gasteiger partial charge < -0.3 is 13.6 Å². The molecule has 0 spiro atoms. The van der Waals surface area contributed by atoms with E-state index in [1.54, 1.807) is 0 Å². The Hall–Kier alpha value is -6.57. The summed E-state index contributed by atoms with van der Waals surface area (Å²) in [6.45, 7) is 0. The van der Waals surface area contributed by atoms with E-state index in [9.17, 15) is 5.26 Å². The molecule has 218 valence electrons. The number of hydrogen-bond acceptors (Lipinski definition) is 2. The summed E-state index contributed by atoms with van der Waals surface area (Å²) >= 11 is 0. The zero-order valence-electron chi connectivity index (χ0n) is 25.2. The third-order valence-corrected chi connectivity index (χ3v) is 9.58. The number of furan rings is 1. The predicted molar refractivity (Wildman–Crippen MR) is 193 cm³/mol. The number of fused-ring (bicyclic) bond motifs is 10. The minimum Gasteiger partial charge on any atom is -0.455 e. The van der Waals surface area contributed by atoms with Crippen LogP contribution in [0.3, 0.4) is 0 Å². The van der Waals surface area contributed by atoms with E-state index in [4.69, 9.17) is 4.42 Å². The van der Waals surface area contributed by atoms with Crippen molar-refractivity contribution in [2.24, 2.45) is 0 Å². The Balaban J connectivity index is 1.22. The molecule has 0 unspecified atom stereocenters. The Morgan fingerprint density at radius 3 is 1.79 bits per heavy atom. The van der Waals surface area contributed by atoms with E-state index in [1.165, 1.54) is 21.8 Å². The third-order valence-electron chi connectivity index (χ3n) is 9.58. The van der Waals surface area contributed by atoms with Crippen LogP contribution in [0.15, 0.2) is 156 Å². The predicted octanol–water partition coefficient (Wildman–Crippen LogP) is 11.3. The van der Waals surface area contributed by atoms with Gasteiger partial charge in [0.25, 0.3) is 0 Å². The zero-order valence-corrected chi connectivity index (χ0v) is 25.2. The average Bonchev–Trinajstić information content (AvgIpc) is 3.79. The van der Waals surface area contributed by atoms with Crippen molar-refractivity contribution in [1.29, 1.82) is 5.26 Å². The van der Waals surface area contributed by atoms with Crippen molar-refractivity contribution < 1.29 is 4.42 Å². The number of hydrogen-bond donors (Lipinski definition) is 0. The van der Waals surface area contributed by atoms with Crippen molar-refractivity contribution in [3.05, 3.63) is 157 Å². The molecule has 0 saturated carbocycles. The molecule has 0 atom stereocenters. The molecule has 0 N–H and O–H groups in total. The van der Waals surface area contributed by atoms with E-state index in [1.807, 2.05) is 24.3 Å². The molecule has 3 heterocycles. The molecule has 4 nitrogen and oxygen atoms in total. The molecule has 0 radical (unpaired) electrons. The minimum absolute atomic E-state index is 0.628. The zero-order chi connectivity index (χ0) is 31.1. The standard InChI is InChI=1S/C43H25N3O/c44-26-28-10-9-18-38(41(28)27-20-22-29(23-21-27)45-35-15-5-1-11-30(35)31-12-2-6-16-36(31)45)46-37-17-7-3-14-34(37)42-39(46)25-24-33-32-13-4-8-19-40(32)47-43(33)42/h1-25H. The topological polar surface area (TPSA) is 46.8 Å². The molecule has 10 rings (SSSR count). The first-order valence-corrected chi connectivity index (χ1v) is 15.8. The number of rotatable bonds is 3. The first-order valence-electron chi connectivity index (χ1n) is 15.8. The van der Waals surface area contributed by atoms with Crippen LogP contribution < -0.4 is 0 Å². The van der Waals surface area contributed by atoms with Crippen molar-refractivity contribution >= 4 is 65.6 Å². The average molecular weight is 600 g/mol. The van der Waals surface area contributed by atoms with Gasteiger partial charge in [0.05, 0.1) is 44.8 Å². The van der Waals surface area contributed by atoms with Crippen molar-refractivity contribution in [3.8, 4) is 28.6 Å². The summed E-state index contributed by atoms with van der Waals surface area (Å²) in [7, 11) is 0. The van der Waals surface area contributed by atoms with Crippen LogP contribution in [-0.2, 0) is 0 Å². The molecule has 0 aliphatic carbocycles. The molecule has 0 fully saturated rings. The van der Waals surface area contributed by atoms with Gasteiger partial charge in [0.1, 0.15) is 11.2 Å². The van der Waals surface area contributed by atoms with E-state index in [2.05, 4.69) is 143 Å². The largest absolute Gasteiger partial charge is 0.455 e. The molecule has 3 aromatic heterocycles. The van der Waals surface area contributed by atoms with Gasteiger partial charge in [-0.3, -0.25) is 0 Å². The summed E-state index contributed by atoms with van der Waals surface area (Å²) in [4.78, 5) is 0. The smallest absolute Gasteiger partial charge is 0.145 e. The van der Waals surface area contributed by atoms with Crippen molar-refractivity contribution in [2.45, 2.75) is 0 Å². The Kier molecular flexibility index (Phi) is 5.32. The highest BCUT2D eigenvalue weighted by Crippen LogP contribution is 2.43. The minimum atomic E-state index is 0.628. The lowest BCUT2D eigenvalue weighted by Gasteiger charge is -2.16. The molecule has 0 aliphatic heterocycles. The second-order valence-electron chi connectivity index (χ2n) is 12.0. The quantitative estimate of drug-likeness (QED) is 0.203. The maximum atomic E-state index is 10.4. The van der Waals surface area contributed by atoms with Crippen LogP contribution in [0.4, 0.5) is 0 Å². The number of para-hydroxylation sites is 4. The fourth-order valence-electron chi connectivity index (χ4n) is 7.60. The van der Waals surface area contributed by atoms with Gasteiger partial charge in [0.2, 0.25) is 0 Å². The second kappa shape index (κ2) is 9.71. The Morgan fingerprint density at radius 2 is 1.09 bits per heavy atom. The third kappa shape index (κ3) is 3.57. The van der Waals surface area contributed by atoms with Gasteiger partial charge in [-0.1, -0.05) is 91.0 Å². The normalized spacial score (nSPS) is 11.8. The van der Waals surface area contributed by atoms with E-state index < -0.39 is 0 Å². The van der Waals surface area contributed by atoms with Crippen molar-refractivity contribution in [3.63, 3.8) is 0 Å². The molecular formula is C43H25N3O. The van der Waals surface area contributed by atoms with E-state index >= 15 is 0 Å². The molecular weight excluding hydrogens is 574 g/mol. The first kappa shape index (κ1) is 25.7. The van der Waals surface area contributed by atoms with Gasteiger partial charge in [-0.15, -0.1) is 0 Å². The summed E-state index contributed by atoms with van der Waals surface area (Å²) in [5, 5.41) is 17.3. The number of aromatic nitrogens is 2. The molecule has 47 heavy (non-hydrogen) atoms. The highest BCUT2D eigenvalue weighted by molar-refractivity contribution is 6.24. The Bertz CT molecular complexity index is 2860. The highest BCUT2D eigenvalue weighted by Gasteiger charge is 2.21. The van der Waals surface area contributed by atoms with Crippen molar-refractivity contribution in [2.75, 3.05) is 0 Å². The van der Waals surface area contributed by atoms with E-state index in [0.717, 1.165) is 66.2 Å². The lowest BCUT2D eigenvalue weighted by molar-refractivity contribution is 0.673. The van der Waals surface area contributed by atoms with Gasteiger partial charge in [0.15, 0.2) is 0 Å². The van der Waals surface area contributed by atoms with Crippen LogP contribution in [0.2, 0.25) is 0 Å². The number of nitriles is 1. The second-order valence-corrected chi connectivity index (χ2v) is 12.0. The van der Waals surface area contributed by atoms with Gasteiger partial charge in [-0.05, 0) is 66.2 Å². The summed E-state index contributed by atoms with van der Waals surface area (Å²) in [6.07, 6.45) is 0. The van der Waals surface area contributed by atoms with Gasteiger partial charge in [-0.25, -0.2) is 0 Å². The summed E-state index contributed by atoms with van der Waals surface area (Å²) in [5.41, 5.74) is 10.7. The van der Waals surface area contributed by atoms with Crippen LogP contribution >= 0.6 is 0 Å². The van der Waals surface area contributed by atoms with Crippen molar-refractivity contribution in [1.82, 2.24) is 9.13 Å². The van der Waals surface area contributed by atoms with E-state index in [-0.39, 0.29) is 0 Å². The van der Waals surface area contributed by atoms with Crippen LogP contribution in [0.25, 0.3) is 88.1 Å². The molecule has 0 saturated heterocycles. The Labute approximate surface area is 269 Å². The number of benzene rings is 7. The molecule has 7 aromatic carbocycles. The van der Waals surface area contributed by atoms with Crippen LogP contribution in [0, 0.1) is 11.3 Å². The fourth-order valence-corrected chi connectivity index (χ4v) is 7.60. The monoisotopic (exact) mass is 599 g/mol. The molecule has 4 heteroatoms. The highest BCUT2D eigenvalue weighted by atomic mass is 16.3. The van der Waals surface area contributed by atoms with E-state index in [0.29, 0.717) is 5.56 Å². The fraction of sp³-hybridized carbons (Fsp3) is 0. The van der Waals surface area contributed by atoms with Crippen LogP contribution in [0.1, 0.15) is 5.56 Å². The van der Waals surface area contributed by atoms with Crippen LogP contribution in [-0.4, -0.2) is 9.13 Å².